The number of nitrogens with one attached hydrogen (secondary N) is 1. The highest BCUT2D eigenvalue weighted by molar-refractivity contribution is 5.95. The summed E-state index contributed by atoms with van der Waals surface area (Å²) in [6, 6.07) is 15.1. The van der Waals surface area contributed by atoms with E-state index in [-0.39, 0.29) is 11.8 Å². The molecule has 118 valence electrons. The standard InChI is InChI=1S/C18H18N2O3/c1-13(14-5-3-2-4-6-14)12-19-20-18(21)15-7-8-16-17(11-15)23-10-9-22-16/h2-8,11-13H,9-10H2,1H3,(H,20,21)/b19-12-/t13-/m1/s1. The monoisotopic (exact) mass is 310 g/mol. The third kappa shape index (κ3) is 3.69. The van der Waals surface area contributed by atoms with Gasteiger partial charge in [-0.15, -0.1) is 0 Å². The lowest BCUT2D eigenvalue weighted by Gasteiger charge is -2.18. The number of ether oxygens (including phenoxy) is 2. The van der Waals surface area contributed by atoms with Gasteiger partial charge >= 0.3 is 0 Å². The van der Waals surface area contributed by atoms with E-state index in [0.717, 1.165) is 5.56 Å². The molecule has 1 heterocycles. The van der Waals surface area contributed by atoms with E-state index in [2.05, 4.69) is 10.5 Å². The number of benzene rings is 2. The fraction of sp³-hybridized carbons (Fsp3) is 0.222. The molecule has 2 aromatic rings. The van der Waals surface area contributed by atoms with Gasteiger partial charge in [0.2, 0.25) is 0 Å². The van der Waals surface area contributed by atoms with Crippen LogP contribution in [0, 0.1) is 0 Å². The predicted octanol–water partition coefficient (Wildman–Crippen LogP) is 2.98. The molecule has 5 heteroatoms. The molecule has 0 spiro atoms. The van der Waals surface area contributed by atoms with Gasteiger partial charge in [0.15, 0.2) is 11.5 Å². The van der Waals surface area contributed by atoms with E-state index >= 15 is 0 Å². The molecule has 1 aliphatic rings. The van der Waals surface area contributed by atoms with Crippen molar-refractivity contribution in [2.75, 3.05) is 13.2 Å². The molecule has 0 radical (unpaired) electrons. The first-order valence-corrected chi connectivity index (χ1v) is 7.52. The Hall–Kier alpha value is -2.82. The van der Waals surface area contributed by atoms with Crippen LogP contribution in [0.1, 0.15) is 28.8 Å². The molecule has 3 rings (SSSR count). The minimum Gasteiger partial charge on any atom is -0.486 e. The summed E-state index contributed by atoms with van der Waals surface area (Å²) in [4.78, 5) is 12.1. The summed E-state index contributed by atoms with van der Waals surface area (Å²) in [5.41, 5.74) is 4.17. The van der Waals surface area contributed by atoms with Crippen LogP contribution in [-0.4, -0.2) is 25.3 Å². The molecule has 0 aromatic heterocycles. The summed E-state index contributed by atoms with van der Waals surface area (Å²) in [5.74, 6) is 1.09. The minimum atomic E-state index is -0.279. The fourth-order valence-corrected chi connectivity index (χ4v) is 2.30. The molecule has 23 heavy (non-hydrogen) atoms. The number of nitrogens with zero attached hydrogens (tertiary/aromatic N) is 1. The topological polar surface area (TPSA) is 59.9 Å². The highest BCUT2D eigenvalue weighted by atomic mass is 16.6. The summed E-state index contributed by atoms with van der Waals surface area (Å²) in [7, 11) is 0. The number of rotatable bonds is 4. The van der Waals surface area contributed by atoms with E-state index in [1.165, 1.54) is 0 Å². The van der Waals surface area contributed by atoms with E-state index < -0.39 is 0 Å². The number of hydrogen-bond donors (Lipinski definition) is 1. The SMILES string of the molecule is C[C@H](/C=N\NC(=O)c1ccc2c(c1)OCCO2)c1ccccc1. The number of carbonyl (C=O) groups is 1. The first-order chi connectivity index (χ1) is 11.2. The molecule has 0 unspecified atom stereocenters. The lowest BCUT2D eigenvalue weighted by molar-refractivity contribution is 0.0953. The summed E-state index contributed by atoms with van der Waals surface area (Å²) < 4.78 is 10.9. The van der Waals surface area contributed by atoms with Gasteiger partial charge in [-0.1, -0.05) is 37.3 Å². The molecule has 0 bridgehead atoms. The van der Waals surface area contributed by atoms with Gasteiger partial charge in [-0.25, -0.2) is 5.43 Å². The van der Waals surface area contributed by atoms with Crippen LogP contribution in [0.2, 0.25) is 0 Å². The number of hydrazone groups is 1. The Morgan fingerprint density at radius 1 is 1.13 bits per heavy atom. The summed E-state index contributed by atoms with van der Waals surface area (Å²) >= 11 is 0. The molecule has 0 aliphatic carbocycles. The van der Waals surface area contributed by atoms with E-state index in [9.17, 15) is 4.79 Å². The molecule has 0 saturated carbocycles. The van der Waals surface area contributed by atoms with Crippen LogP contribution >= 0.6 is 0 Å². The van der Waals surface area contributed by atoms with Crippen LogP contribution in [0.3, 0.4) is 0 Å². The van der Waals surface area contributed by atoms with Gasteiger partial charge in [0.25, 0.3) is 5.91 Å². The number of hydrogen-bond acceptors (Lipinski definition) is 4. The van der Waals surface area contributed by atoms with Crippen molar-refractivity contribution in [3.8, 4) is 11.5 Å². The smallest absolute Gasteiger partial charge is 0.271 e. The van der Waals surface area contributed by atoms with E-state index in [1.807, 2.05) is 37.3 Å². The normalized spacial score (nSPS) is 14.5. The highest BCUT2D eigenvalue weighted by Crippen LogP contribution is 2.30. The second-order valence-corrected chi connectivity index (χ2v) is 5.28. The fourth-order valence-electron chi connectivity index (χ4n) is 2.30. The van der Waals surface area contributed by atoms with Crippen molar-refractivity contribution in [1.82, 2.24) is 5.43 Å². The zero-order valence-corrected chi connectivity index (χ0v) is 12.9. The third-order valence-corrected chi connectivity index (χ3v) is 3.59. The van der Waals surface area contributed by atoms with Crippen molar-refractivity contribution in [1.29, 1.82) is 0 Å². The van der Waals surface area contributed by atoms with E-state index in [4.69, 9.17) is 9.47 Å². The van der Waals surface area contributed by atoms with Gasteiger partial charge in [-0.3, -0.25) is 4.79 Å². The zero-order valence-electron chi connectivity index (χ0n) is 12.9. The molecule has 2 aromatic carbocycles. The summed E-state index contributed by atoms with van der Waals surface area (Å²) in [6.07, 6.45) is 1.71. The van der Waals surface area contributed by atoms with Crippen LogP contribution in [-0.2, 0) is 0 Å². The maximum absolute atomic E-state index is 12.1. The molecule has 1 amide bonds. The average Bonchev–Trinajstić information content (AvgIpc) is 2.61. The van der Waals surface area contributed by atoms with Crippen molar-refractivity contribution < 1.29 is 14.3 Å². The molecule has 1 N–H and O–H groups in total. The average molecular weight is 310 g/mol. The van der Waals surface area contributed by atoms with Gasteiger partial charge in [-0.2, -0.15) is 5.10 Å². The Morgan fingerprint density at radius 2 is 1.87 bits per heavy atom. The number of carbonyl (C=O) groups excluding carboxylic acids is 1. The first kappa shape index (κ1) is 15.1. The van der Waals surface area contributed by atoms with Gasteiger partial charge in [0.05, 0.1) is 0 Å². The van der Waals surface area contributed by atoms with Crippen LogP contribution in [0.4, 0.5) is 0 Å². The minimum absolute atomic E-state index is 0.122. The van der Waals surface area contributed by atoms with E-state index in [1.54, 1.807) is 24.4 Å². The second-order valence-electron chi connectivity index (χ2n) is 5.28. The van der Waals surface area contributed by atoms with Gasteiger partial charge in [0.1, 0.15) is 13.2 Å². The van der Waals surface area contributed by atoms with Crippen molar-refractivity contribution >= 4 is 12.1 Å². The van der Waals surface area contributed by atoms with Crippen LogP contribution in [0.5, 0.6) is 11.5 Å². The molecular weight excluding hydrogens is 292 g/mol. The third-order valence-electron chi connectivity index (χ3n) is 3.59. The molecule has 0 saturated heterocycles. The van der Waals surface area contributed by atoms with Crippen molar-refractivity contribution in [2.24, 2.45) is 5.10 Å². The van der Waals surface area contributed by atoms with Crippen LogP contribution in [0.25, 0.3) is 0 Å². The van der Waals surface area contributed by atoms with Gasteiger partial charge < -0.3 is 9.47 Å². The summed E-state index contributed by atoms with van der Waals surface area (Å²) in [6.45, 7) is 3.04. The largest absolute Gasteiger partial charge is 0.486 e. The molecule has 5 nitrogen and oxygen atoms in total. The van der Waals surface area contributed by atoms with Gasteiger partial charge in [-0.05, 0) is 23.8 Å². The molecule has 1 aliphatic heterocycles. The maximum Gasteiger partial charge on any atom is 0.271 e. The number of amides is 1. The van der Waals surface area contributed by atoms with E-state index in [0.29, 0.717) is 30.3 Å². The Morgan fingerprint density at radius 3 is 2.65 bits per heavy atom. The maximum atomic E-state index is 12.1. The molecule has 0 fully saturated rings. The molecule has 1 atom stereocenters. The van der Waals surface area contributed by atoms with Crippen molar-refractivity contribution in [2.45, 2.75) is 12.8 Å². The highest BCUT2D eigenvalue weighted by Gasteiger charge is 2.14. The number of fused-ring (bicyclic) bond motifs is 1. The lowest BCUT2D eigenvalue weighted by atomic mass is 10.0. The van der Waals surface area contributed by atoms with Crippen molar-refractivity contribution in [3.05, 3.63) is 59.7 Å². The first-order valence-electron chi connectivity index (χ1n) is 7.52. The Balaban J connectivity index is 1.62. The van der Waals surface area contributed by atoms with Crippen molar-refractivity contribution in [3.63, 3.8) is 0 Å². The quantitative estimate of drug-likeness (QED) is 0.697. The van der Waals surface area contributed by atoms with Gasteiger partial charge in [0, 0.05) is 17.7 Å². The Bertz CT molecular complexity index is 713. The van der Waals surface area contributed by atoms with Crippen LogP contribution in [0.15, 0.2) is 53.6 Å². The van der Waals surface area contributed by atoms with Crippen LogP contribution < -0.4 is 14.9 Å². The second kappa shape index (κ2) is 6.96. The predicted molar refractivity (Wildman–Crippen MR) is 88.2 cm³/mol. The zero-order chi connectivity index (χ0) is 16.1. The summed E-state index contributed by atoms with van der Waals surface area (Å²) in [5, 5.41) is 4.04. The lowest BCUT2D eigenvalue weighted by Crippen LogP contribution is -2.20. The Labute approximate surface area is 134 Å². The Kier molecular flexibility index (Phi) is 4.57. The molecular formula is C18H18N2O3.